The zero-order chi connectivity index (χ0) is 14.3. The molecular formula is C15H19N3O2. The molecule has 1 aliphatic rings. The Kier molecular flexibility index (Phi) is 2.85. The first kappa shape index (κ1) is 12.8. The van der Waals surface area contributed by atoms with E-state index in [2.05, 4.69) is 17.3 Å². The summed E-state index contributed by atoms with van der Waals surface area (Å²) in [6.07, 6.45) is 3.88. The van der Waals surface area contributed by atoms with E-state index in [0.29, 0.717) is 0 Å². The van der Waals surface area contributed by atoms with Crippen LogP contribution in [0.3, 0.4) is 0 Å². The number of benzene rings is 1. The maximum atomic E-state index is 5.75. The van der Waals surface area contributed by atoms with Crippen LogP contribution in [0.25, 0.3) is 0 Å². The third-order valence-electron chi connectivity index (χ3n) is 3.26. The van der Waals surface area contributed by atoms with Gasteiger partial charge in [0.15, 0.2) is 11.5 Å². The molecule has 1 aromatic carbocycles. The summed E-state index contributed by atoms with van der Waals surface area (Å²) in [7, 11) is 1.92. The van der Waals surface area contributed by atoms with Crippen molar-refractivity contribution >= 4 is 5.69 Å². The van der Waals surface area contributed by atoms with Crippen LogP contribution in [-0.2, 0) is 7.05 Å². The third-order valence-corrected chi connectivity index (χ3v) is 3.26. The molecule has 5 heteroatoms. The Morgan fingerprint density at radius 2 is 2.00 bits per heavy atom. The molecule has 0 saturated carbocycles. The predicted molar refractivity (Wildman–Crippen MR) is 77.0 cm³/mol. The number of nitrogens with one attached hydrogen (secondary N) is 1. The number of aryl methyl sites for hydroxylation is 1. The van der Waals surface area contributed by atoms with Crippen LogP contribution in [0.4, 0.5) is 5.69 Å². The molecule has 2 heterocycles. The summed E-state index contributed by atoms with van der Waals surface area (Å²) in [5, 5.41) is 7.63. The van der Waals surface area contributed by atoms with E-state index in [-0.39, 0.29) is 6.04 Å². The second kappa shape index (κ2) is 4.44. The van der Waals surface area contributed by atoms with Crippen LogP contribution in [0.5, 0.6) is 11.5 Å². The minimum atomic E-state index is -0.587. The van der Waals surface area contributed by atoms with Crippen LogP contribution >= 0.6 is 0 Å². The molecule has 1 aromatic heterocycles. The Hall–Kier alpha value is -2.17. The van der Waals surface area contributed by atoms with Crippen LogP contribution in [0.1, 0.15) is 32.4 Å². The van der Waals surface area contributed by atoms with Crippen molar-refractivity contribution in [2.75, 3.05) is 5.32 Å². The lowest BCUT2D eigenvalue weighted by atomic mass is 10.2. The number of rotatable bonds is 3. The Balaban J connectivity index is 1.76. The number of hydrogen-bond acceptors (Lipinski definition) is 4. The summed E-state index contributed by atoms with van der Waals surface area (Å²) in [6, 6.07) is 6.08. The summed E-state index contributed by atoms with van der Waals surface area (Å²) in [5.41, 5.74) is 2.15. The van der Waals surface area contributed by atoms with Crippen molar-refractivity contribution in [1.82, 2.24) is 9.78 Å². The van der Waals surface area contributed by atoms with E-state index in [1.54, 1.807) is 4.68 Å². The fraction of sp³-hybridized carbons (Fsp3) is 0.400. The number of aromatic nitrogens is 2. The summed E-state index contributed by atoms with van der Waals surface area (Å²) < 4.78 is 13.2. The number of fused-ring (bicyclic) bond motifs is 1. The van der Waals surface area contributed by atoms with Gasteiger partial charge < -0.3 is 14.8 Å². The zero-order valence-electron chi connectivity index (χ0n) is 12.2. The molecule has 0 bridgehead atoms. The van der Waals surface area contributed by atoms with Crippen LogP contribution in [-0.4, -0.2) is 15.6 Å². The highest BCUT2D eigenvalue weighted by Gasteiger charge is 2.31. The molecule has 5 nitrogen and oxygen atoms in total. The first-order valence-corrected chi connectivity index (χ1v) is 6.70. The molecule has 0 spiro atoms. The van der Waals surface area contributed by atoms with Gasteiger partial charge in [-0.3, -0.25) is 4.68 Å². The van der Waals surface area contributed by atoms with Gasteiger partial charge in [0.25, 0.3) is 0 Å². The number of nitrogens with zero attached hydrogens (tertiary/aromatic N) is 2. The SMILES string of the molecule is CC(Nc1ccc2c(c1)OC(C)(C)O2)c1cnn(C)c1. The van der Waals surface area contributed by atoms with E-state index in [9.17, 15) is 0 Å². The molecule has 3 rings (SSSR count). The van der Waals surface area contributed by atoms with E-state index in [1.807, 2.05) is 51.5 Å². The molecule has 1 N–H and O–H groups in total. The van der Waals surface area contributed by atoms with Gasteiger partial charge in [-0.05, 0) is 19.1 Å². The fourth-order valence-corrected chi connectivity index (χ4v) is 2.31. The van der Waals surface area contributed by atoms with E-state index in [1.165, 1.54) is 0 Å². The summed E-state index contributed by atoms with van der Waals surface area (Å²) >= 11 is 0. The molecule has 0 amide bonds. The Morgan fingerprint density at radius 1 is 1.25 bits per heavy atom. The predicted octanol–water partition coefficient (Wildman–Crippen LogP) is 3.10. The van der Waals surface area contributed by atoms with Gasteiger partial charge in [-0.25, -0.2) is 0 Å². The molecule has 20 heavy (non-hydrogen) atoms. The van der Waals surface area contributed by atoms with Gasteiger partial charge in [0.2, 0.25) is 5.79 Å². The van der Waals surface area contributed by atoms with Crippen molar-refractivity contribution in [3.8, 4) is 11.5 Å². The van der Waals surface area contributed by atoms with Gasteiger partial charge in [-0.15, -0.1) is 0 Å². The highest BCUT2D eigenvalue weighted by atomic mass is 16.7. The van der Waals surface area contributed by atoms with Crippen molar-refractivity contribution in [3.05, 3.63) is 36.2 Å². The van der Waals surface area contributed by atoms with Crippen molar-refractivity contribution < 1.29 is 9.47 Å². The van der Waals surface area contributed by atoms with Gasteiger partial charge in [0.1, 0.15) is 0 Å². The quantitative estimate of drug-likeness (QED) is 0.933. The summed E-state index contributed by atoms with van der Waals surface area (Å²) in [6.45, 7) is 5.91. The minimum absolute atomic E-state index is 0.178. The molecule has 106 valence electrons. The lowest BCUT2D eigenvalue weighted by Gasteiger charge is -2.16. The normalized spacial score (nSPS) is 17.0. The van der Waals surface area contributed by atoms with Crippen molar-refractivity contribution in [3.63, 3.8) is 0 Å². The van der Waals surface area contributed by atoms with E-state index >= 15 is 0 Å². The van der Waals surface area contributed by atoms with Gasteiger partial charge in [-0.2, -0.15) is 5.10 Å². The summed E-state index contributed by atoms with van der Waals surface area (Å²) in [4.78, 5) is 0. The van der Waals surface area contributed by atoms with Gasteiger partial charge in [-0.1, -0.05) is 0 Å². The molecule has 0 aliphatic carbocycles. The largest absolute Gasteiger partial charge is 0.449 e. The monoisotopic (exact) mass is 273 g/mol. The average molecular weight is 273 g/mol. The zero-order valence-corrected chi connectivity index (χ0v) is 12.2. The molecule has 0 radical (unpaired) electrons. The first-order chi connectivity index (χ1) is 9.43. The minimum Gasteiger partial charge on any atom is -0.449 e. The molecule has 2 aromatic rings. The lowest BCUT2D eigenvalue weighted by Crippen LogP contribution is -2.29. The highest BCUT2D eigenvalue weighted by Crippen LogP contribution is 2.41. The van der Waals surface area contributed by atoms with Crippen LogP contribution < -0.4 is 14.8 Å². The molecular weight excluding hydrogens is 254 g/mol. The molecule has 0 fully saturated rings. The second-order valence-electron chi connectivity index (χ2n) is 5.58. The Labute approximate surface area is 118 Å². The van der Waals surface area contributed by atoms with E-state index in [4.69, 9.17) is 9.47 Å². The van der Waals surface area contributed by atoms with Crippen LogP contribution in [0.15, 0.2) is 30.6 Å². The Bertz CT molecular complexity index is 634. The maximum Gasteiger partial charge on any atom is 0.246 e. The smallest absolute Gasteiger partial charge is 0.246 e. The second-order valence-corrected chi connectivity index (χ2v) is 5.58. The van der Waals surface area contributed by atoms with Crippen molar-refractivity contribution in [1.29, 1.82) is 0 Å². The lowest BCUT2D eigenvalue weighted by molar-refractivity contribution is -0.0431. The van der Waals surface area contributed by atoms with E-state index in [0.717, 1.165) is 22.7 Å². The molecule has 1 aliphatic heterocycles. The van der Waals surface area contributed by atoms with Gasteiger partial charge in [0, 0.05) is 44.4 Å². The van der Waals surface area contributed by atoms with Crippen molar-refractivity contribution in [2.24, 2.45) is 7.05 Å². The molecule has 1 unspecified atom stereocenters. The summed E-state index contributed by atoms with van der Waals surface area (Å²) in [5.74, 6) is 0.976. The number of hydrogen-bond donors (Lipinski definition) is 1. The third kappa shape index (κ3) is 2.43. The maximum absolute atomic E-state index is 5.75. The highest BCUT2D eigenvalue weighted by molar-refractivity contribution is 5.56. The molecule has 0 saturated heterocycles. The topological polar surface area (TPSA) is 48.3 Å². The Morgan fingerprint density at radius 3 is 2.70 bits per heavy atom. The van der Waals surface area contributed by atoms with Gasteiger partial charge >= 0.3 is 0 Å². The van der Waals surface area contributed by atoms with Crippen LogP contribution in [0.2, 0.25) is 0 Å². The van der Waals surface area contributed by atoms with Gasteiger partial charge in [0.05, 0.1) is 12.2 Å². The number of anilines is 1. The standard InChI is InChI=1S/C15H19N3O2/c1-10(11-8-16-18(4)9-11)17-12-5-6-13-14(7-12)20-15(2,3)19-13/h5-10,17H,1-4H3. The fourth-order valence-electron chi connectivity index (χ4n) is 2.31. The first-order valence-electron chi connectivity index (χ1n) is 6.70. The molecule has 1 atom stereocenters. The van der Waals surface area contributed by atoms with Crippen LogP contribution in [0, 0.1) is 0 Å². The number of ether oxygens (including phenoxy) is 2. The van der Waals surface area contributed by atoms with E-state index < -0.39 is 5.79 Å². The van der Waals surface area contributed by atoms with Crippen molar-refractivity contribution in [2.45, 2.75) is 32.6 Å². The average Bonchev–Trinajstić information content (AvgIpc) is 2.90.